The van der Waals surface area contributed by atoms with E-state index in [4.69, 9.17) is 0 Å². The van der Waals surface area contributed by atoms with E-state index >= 15 is 0 Å². The molecule has 1 aromatic rings. The van der Waals surface area contributed by atoms with Gasteiger partial charge in [-0.2, -0.15) is 0 Å². The van der Waals surface area contributed by atoms with E-state index in [1.165, 1.54) is 6.20 Å². The normalized spacial score (nSPS) is 17.7. The van der Waals surface area contributed by atoms with Crippen LogP contribution in [0.1, 0.15) is 35.2 Å². The number of carbonyl (C=O) groups excluding carboxylic acids is 2. The number of rotatable bonds is 3. The van der Waals surface area contributed by atoms with Crippen LogP contribution in [0, 0.1) is 5.92 Å². The largest absolute Gasteiger partial charge is 1.00 e. The number of carboxylic acid groups (broad SMARTS) is 1. The van der Waals surface area contributed by atoms with E-state index in [9.17, 15) is 14.7 Å². The van der Waals surface area contributed by atoms with Crippen molar-refractivity contribution in [1.29, 1.82) is 0 Å². The van der Waals surface area contributed by atoms with Crippen molar-refractivity contribution in [3.8, 4) is 0 Å². The summed E-state index contributed by atoms with van der Waals surface area (Å²) in [6.45, 7) is 1.29. The molecular formula is C15H15LiN2O3. The van der Waals surface area contributed by atoms with E-state index in [0.29, 0.717) is 13.1 Å². The van der Waals surface area contributed by atoms with Crippen molar-refractivity contribution in [1.82, 2.24) is 9.88 Å². The van der Waals surface area contributed by atoms with Crippen molar-refractivity contribution in [2.24, 2.45) is 5.92 Å². The summed E-state index contributed by atoms with van der Waals surface area (Å²) in [5.74, 6) is -0.726. The molecule has 0 radical (unpaired) electrons. The molecule has 2 heterocycles. The van der Waals surface area contributed by atoms with Crippen LogP contribution in [0.3, 0.4) is 0 Å². The van der Waals surface area contributed by atoms with E-state index in [0.717, 1.165) is 30.4 Å². The fourth-order valence-corrected chi connectivity index (χ4v) is 2.45. The summed E-state index contributed by atoms with van der Waals surface area (Å²) in [5, 5.41) is 10.8. The van der Waals surface area contributed by atoms with Crippen LogP contribution in [0.5, 0.6) is 0 Å². The van der Waals surface area contributed by atoms with Crippen LogP contribution in [-0.2, 0) is 4.79 Å². The zero-order chi connectivity index (χ0) is 14.1. The molecule has 104 valence electrons. The average molecular weight is 278 g/mol. The van der Waals surface area contributed by atoms with E-state index in [1.54, 1.807) is 12.3 Å². The monoisotopic (exact) mass is 278 g/mol. The van der Waals surface area contributed by atoms with E-state index in [-0.39, 0.29) is 36.2 Å². The van der Waals surface area contributed by atoms with Gasteiger partial charge < -0.3 is 14.8 Å². The molecule has 1 aliphatic heterocycles. The van der Waals surface area contributed by atoms with E-state index in [2.05, 4.69) is 4.98 Å². The Bertz CT molecular complexity index is 596. The first-order valence-corrected chi connectivity index (χ1v) is 6.80. The van der Waals surface area contributed by atoms with Crippen molar-refractivity contribution in [2.75, 3.05) is 13.1 Å². The summed E-state index contributed by atoms with van der Waals surface area (Å²) < 4.78 is 0. The van der Waals surface area contributed by atoms with Crippen LogP contribution < -0.4 is 24.0 Å². The molecule has 5 nitrogen and oxygen atoms in total. The maximum atomic E-state index is 11.9. The molecule has 3 rings (SSSR count). The third kappa shape index (κ3) is 3.55. The number of hydrogen-bond acceptors (Lipinski definition) is 4. The Morgan fingerprint density at radius 1 is 1.29 bits per heavy atom. The zero-order valence-corrected chi connectivity index (χ0v) is 12.0. The van der Waals surface area contributed by atoms with Crippen molar-refractivity contribution < 1.29 is 33.6 Å². The molecule has 0 saturated heterocycles. The molecule has 0 spiro atoms. The maximum Gasteiger partial charge on any atom is 1.00 e. The predicted molar refractivity (Wildman–Crippen MR) is 70.5 cm³/mol. The topological polar surface area (TPSA) is 73.3 Å². The molecule has 0 N–H and O–H groups in total. The number of carboxylic acids is 1. The van der Waals surface area contributed by atoms with Crippen LogP contribution in [-0.4, -0.2) is 34.8 Å². The van der Waals surface area contributed by atoms with E-state index < -0.39 is 5.97 Å². The minimum absolute atomic E-state index is 0. The van der Waals surface area contributed by atoms with Gasteiger partial charge in [0.05, 0.1) is 5.97 Å². The number of amides is 1. The molecule has 0 atom stereocenters. The molecule has 0 aromatic carbocycles. The number of carbonyl (C=O) groups is 2. The Hall–Kier alpha value is -1.57. The first-order valence-electron chi connectivity index (χ1n) is 6.80. The summed E-state index contributed by atoms with van der Waals surface area (Å²) in [5.41, 5.74) is 1.92. The minimum atomic E-state index is -1.22. The molecule has 1 amide bonds. The van der Waals surface area contributed by atoms with Gasteiger partial charge in [-0.05, 0) is 36.5 Å². The molecule has 0 bridgehead atoms. The van der Waals surface area contributed by atoms with Crippen molar-refractivity contribution in [3.05, 3.63) is 35.7 Å². The number of hydrogen-bond donors (Lipinski definition) is 0. The third-order valence-corrected chi connectivity index (χ3v) is 3.79. The van der Waals surface area contributed by atoms with Crippen LogP contribution >= 0.6 is 0 Å². The van der Waals surface area contributed by atoms with Gasteiger partial charge in [-0.1, -0.05) is 6.08 Å². The molecule has 6 heteroatoms. The SMILES string of the molecule is O=C([O-])c1cncc(C2=CCN(C(=O)C3CC3)CC2)c1.[Li+]. The smallest absolute Gasteiger partial charge is 0.545 e. The van der Waals surface area contributed by atoms with Crippen LogP contribution in [0.15, 0.2) is 24.5 Å². The second-order valence-electron chi connectivity index (χ2n) is 5.29. The van der Waals surface area contributed by atoms with Crippen molar-refractivity contribution in [2.45, 2.75) is 19.3 Å². The molecule has 1 fully saturated rings. The van der Waals surface area contributed by atoms with Crippen molar-refractivity contribution in [3.63, 3.8) is 0 Å². The summed E-state index contributed by atoms with van der Waals surface area (Å²) in [7, 11) is 0. The molecule has 0 unspecified atom stereocenters. The standard InChI is InChI=1S/C15H16N2O3.Li/c18-14(11-1-2-11)17-5-3-10(4-6-17)12-7-13(15(19)20)9-16-8-12;/h3,7-9,11H,1-2,4-6H2,(H,19,20);/q;+1/p-1. The average Bonchev–Trinajstić information content (AvgIpc) is 3.31. The first kappa shape index (κ1) is 15.8. The van der Waals surface area contributed by atoms with Crippen LogP contribution in [0.25, 0.3) is 5.57 Å². The summed E-state index contributed by atoms with van der Waals surface area (Å²) in [4.78, 5) is 28.6. The van der Waals surface area contributed by atoms with Crippen molar-refractivity contribution >= 4 is 17.4 Å². The Morgan fingerprint density at radius 3 is 2.62 bits per heavy atom. The Morgan fingerprint density at radius 2 is 2.05 bits per heavy atom. The van der Waals surface area contributed by atoms with Gasteiger partial charge in [-0.15, -0.1) is 0 Å². The molecular weight excluding hydrogens is 263 g/mol. The Balaban J connectivity index is 0.00000161. The van der Waals surface area contributed by atoms with Crippen LogP contribution in [0.4, 0.5) is 0 Å². The Kier molecular flexibility index (Phi) is 4.87. The van der Waals surface area contributed by atoms with E-state index in [1.807, 2.05) is 11.0 Å². The van der Waals surface area contributed by atoms with Gasteiger partial charge in [-0.25, -0.2) is 0 Å². The minimum Gasteiger partial charge on any atom is -0.545 e. The van der Waals surface area contributed by atoms with Gasteiger partial charge in [0.15, 0.2) is 0 Å². The van der Waals surface area contributed by atoms with Gasteiger partial charge in [0.1, 0.15) is 0 Å². The molecule has 1 saturated carbocycles. The number of pyridine rings is 1. The number of aromatic carboxylic acids is 1. The number of aromatic nitrogens is 1. The van der Waals surface area contributed by atoms with Crippen LogP contribution in [0.2, 0.25) is 0 Å². The van der Waals surface area contributed by atoms with Gasteiger partial charge in [0.25, 0.3) is 0 Å². The molecule has 21 heavy (non-hydrogen) atoms. The second kappa shape index (κ2) is 6.46. The number of nitrogens with zero attached hydrogens (tertiary/aromatic N) is 2. The second-order valence-corrected chi connectivity index (χ2v) is 5.29. The maximum absolute atomic E-state index is 11.9. The molecule has 1 aromatic heterocycles. The fourth-order valence-electron chi connectivity index (χ4n) is 2.45. The summed E-state index contributed by atoms with van der Waals surface area (Å²) in [6, 6.07) is 1.58. The molecule has 2 aliphatic rings. The fraction of sp³-hybridized carbons (Fsp3) is 0.400. The summed E-state index contributed by atoms with van der Waals surface area (Å²) in [6.07, 6.45) is 7.69. The molecule has 1 aliphatic carbocycles. The summed E-state index contributed by atoms with van der Waals surface area (Å²) >= 11 is 0. The zero-order valence-electron chi connectivity index (χ0n) is 12.0. The first-order chi connectivity index (χ1) is 9.65. The van der Waals surface area contributed by atoms with Gasteiger partial charge in [0, 0.05) is 37.0 Å². The van der Waals surface area contributed by atoms with Gasteiger partial charge in [-0.3, -0.25) is 9.78 Å². The third-order valence-electron chi connectivity index (χ3n) is 3.79. The van der Waals surface area contributed by atoms with Gasteiger partial charge in [0.2, 0.25) is 5.91 Å². The predicted octanol–water partition coefficient (Wildman–Crippen LogP) is -2.53. The van der Waals surface area contributed by atoms with Gasteiger partial charge >= 0.3 is 18.9 Å². The Labute approximate surface area is 135 Å². The quantitative estimate of drug-likeness (QED) is 0.572.